The van der Waals surface area contributed by atoms with Gasteiger partial charge in [0.05, 0.1) is 14.2 Å². The van der Waals surface area contributed by atoms with E-state index in [1.54, 1.807) is 30.3 Å². The third-order valence-corrected chi connectivity index (χ3v) is 2.93. The van der Waals surface area contributed by atoms with E-state index < -0.39 is 29.7 Å². The van der Waals surface area contributed by atoms with Gasteiger partial charge in [-0.05, 0) is 5.56 Å². The molecule has 0 aliphatic carbocycles. The highest BCUT2D eigenvalue weighted by Crippen LogP contribution is 2.16. The highest BCUT2D eigenvalue weighted by atomic mass is 16.5. The largest absolute Gasteiger partial charge is 0.468 e. The standard InChI is InChI=1S/C15H18N2O6/c1-22-11(18)8-16-14(20)13(10-6-4-3-5-7-10)15(21)17-9-12(19)23-2/h3-7,13H,8-9H2,1-2H3,(H,16,20)(H,17,21). The molecule has 0 bridgehead atoms. The average Bonchev–Trinajstić information content (AvgIpc) is 2.58. The summed E-state index contributed by atoms with van der Waals surface area (Å²) in [4.78, 5) is 46.6. The van der Waals surface area contributed by atoms with Crippen LogP contribution in [0.15, 0.2) is 30.3 Å². The predicted octanol–water partition coefficient (Wildman–Crippen LogP) is -0.651. The number of hydrogen-bond acceptors (Lipinski definition) is 6. The molecule has 0 aromatic heterocycles. The van der Waals surface area contributed by atoms with Crippen molar-refractivity contribution in [3.8, 4) is 0 Å². The molecule has 8 heteroatoms. The summed E-state index contributed by atoms with van der Waals surface area (Å²) in [6, 6.07) is 8.27. The van der Waals surface area contributed by atoms with E-state index in [1.807, 2.05) is 0 Å². The number of nitrogens with one attached hydrogen (secondary N) is 2. The Kier molecular flexibility index (Phi) is 7.25. The second-order valence-corrected chi connectivity index (χ2v) is 4.43. The number of ether oxygens (including phenoxy) is 2. The van der Waals surface area contributed by atoms with Crippen molar-refractivity contribution < 1.29 is 28.7 Å². The van der Waals surface area contributed by atoms with Gasteiger partial charge in [-0.2, -0.15) is 0 Å². The predicted molar refractivity (Wildman–Crippen MR) is 79.2 cm³/mol. The molecule has 0 spiro atoms. The van der Waals surface area contributed by atoms with E-state index in [2.05, 4.69) is 20.1 Å². The summed E-state index contributed by atoms with van der Waals surface area (Å²) in [6.45, 7) is -0.716. The molecule has 0 atom stereocenters. The number of benzene rings is 1. The van der Waals surface area contributed by atoms with Gasteiger partial charge in [0.15, 0.2) is 0 Å². The summed E-state index contributed by atoms with van der Waals surface area (Å²) in [6.07, 6.45) is 0. The quantitative estimate of drug-likeness (QED) is 0.510. The van der Waals surface area contributed by atoms with Gasteiger partial charge >= 0.3 is 11.9 Å². The van der Waals surface area contributed by atoms with Gasteiger partial charge in [-0.3, -0.25) is 19.2 Å². The van der Waals surface area contributed by atoms with Crippen LogP contribution < -0.4 is 10.6 Å². The Balaban J connectivity index is 2.85. The molecule has 0 fully saturated rings. The average molecular weight is 322 g/mol. The van der Waals surface area contributed by atoms with Crippen LogP contribution in [0.2, 0.25) is 0 Å². The fraction of sp³-hybridized carbons (Fsp3) is 0.333. The summed E-state index contributed by atoms with van der Waals surface area (Å²) in [5.74, 6) is -3.83. The van der Waals surface area contributed by atoms with Crippen LogP contribution in [0, 0.1) is 0 Å². The maximum Gasteiger partial charge on any atom is 0.325 e. The molecule has 2 amide bonds. The van der Waals surface area contributed by atoms with E-state index >= 15 is 0 Å². The lowest BCUT2D eigenvalue weighted by molar-refractivity contribution is -0.143. The first-order chi connectivity index (χ1) is 11.0. The third-order valence-electron chi connectivity index (χ3n) is 2.93. The Labute approximate surface area is 133 Å². The highest BCUT2D eigenvalue weighted by molar-refractivity contribution is 6.06. The Hall–Kier alpha value is -2.90. The first-order valence-corrected chi connectivity index (χ1v) is 6.73. The Morgan fingerprint density at radius 2 is 1.30 bits per heavy atom. The minimum Gasteiger partial charge on any atom is -0.468 e. The molecule has 1 rings (SSSR count). The van der Waals surface area contributed by atoms with E-state index in [1.165, 1.54) is 14.2 Å². The SMILES string of the molecule is COC(=O)CNC(=O)C(C(=O)NCC(=O)OC)c1ccccc1. The lowest BCUT2D eigenvalue weighted by Gasteiger charge is -2.16. The number of rotatable bonds is 7. The zero-order valence-corrected chi connectivity index (χ0v) is 12.8. The van der Waals surface area contributed by atoms with Crippen molar-refractivity contribution in [3.63, 3.8) is 0 Å². The van der Waals surface area contributed by atoms with Crippen molar-refractivity contribution in [2.45, 2.75) is 5.92 Å². The first-order valence-electron chi connectivity index (χ1n) is 6.73. The maximum absolute atomic E-state index is 12.2. The molecule has 0 saturated carbocycles. The molecule has 2 N–H and O–H groups in total. The van der Waals surface area contributed by atoms with E-state index in [0.29, 0.717) is 5.56 Å². The van der Waals surface area contributed by atoms with Crippen molar-refractivity contribution >= 4 is 23.8 Å². The van der Waals surface area contributed by atoms with E-state index in [0.717, 1.165) is 0 Å². The van der Waals surface area contributed by atoms with E-state index in [-0.39, 0.29) is 13.1 Å². The number of carbonyl (C=O) groups is 4. The normalized spacial score (nSPS) is 9.87. The molecule has 23 heavy (non-hydrogen) atoms. The van der Waals surface area contributed by atoms with E-state index in [4.69, 9.17) is 0 Å². The minimum atomic E-state index is -1.20. The van der Waals surface area contributed by atoms with Crippen molar-refractivity contribution in [3.05, 3.63) is 35.9 Å². The van der Waals surface area contributed by atoms with Crippen LogP contribution in [0.3, 0.4) is 0 Å². The summed E-state index contributed by atoms with van der Waals surface area (Å²) >= 11 is 0. The van der Waals surface area contributed by atoms with Gasteiger partial charge in [0.2, 0.25) is 11.8 Å². The molecule has 0 aliphatic heterocycles. The third kappa shape index (κ3) is 5.77. The maximum atomic E-state index is 12.2. The molecular weight excluding hydrogens is 304 g/mol. The second-order valence-electron chi connectivity index (χ2n) is 4.43. The zero-order chi connectivity index (χ0) is 17.2. The van der Waals surface area contributed by atoms with Gasteiger partial charge in [0.25, 0.3) is 0 Å². The van der Waals surface area contributed by atoms with Gasteiger partial charge in [0.1, 0.15) is 19.0 Å². The molecular formula is C15H18N2O6. The number of esters is 2. The monoisotopic (exact) mass is 322 g/mol. The molecule has 0 unspecified atom stereocenters. The minimum absolute atomic E-state index is 0.358. The Bertz CT molecular complexity index is 541. The summed E-state index contributed by atoms with van der Waals surface area (Å²) < 4.78 is 8.85. The van der Waals surface area contributed by atoms with Crippen LogP contribution in [0.25, 0.3) is 0 Å². The van der Waals surface area contributed by atoms with Crippen molar-refractivity contribution in [1.29, 1.82) is 0 Å². The van der Waals surface area contributed by atoms with Gasteiger partial charge in [-0.15, -0.1) is 0 Å². The van der Waals surface area contributed by atoms with E-state index in [9.17, 15) is 19.2 Å². The molecule has 0 saturated heterocycles. The van der Waals surface area contributed by atoms with Gasteiger partial charge in [0, 0.05) is 0 Å². The first kappa shape index (κ1) is 18.1. The van der Waals surface area contributed by atoms with Gasteiger partial charge in [-0.25, -0.2) is 0 Å². The summed E-state index contributed by atoms with van der Waals surface area (Å²) in [5.41, 5.74) is 0.428. The fourth-order valence-corrected chi connectivity index (χ4v) is 1.73. The van der Waals surface area contributed by atoms with Crippen LogP contribution in [0.5, 0.6) is 0 Å². The van der Waals surface area contributed by atoms with Gasteiger partial charge < -0.3 is 20.1 Å². The molecule has 1 aromatic carbocycles. The van der Waals surface area contributed by atoms with Crippen molar-refractivity contribution in [2.75, 3.05) is 27.3 Å². The highest BCUT2D eigenvalue weighted by Gasteiger charge is 2.29. The Morgan fingerprint density at radius 3 is 1.70 bits per heavy atom. The second kappa shape index (κ2) is 9.19. The van der Waals surface area contributed by atoms with Crippen LogP contribution in [0.4, 0.5) is 0 Å². The lowest BCUT2D eigenvalue weighted by Crippen LogP contribution is -2.43. The molecule has 0 heterocycles. The molecule has 1 aromatic rings. The number of amides is 2. The molecule has 0 radical (unpaired) electrons. The number of methoxy groups -OCH3 is 2. The smallest absolute Gasteiger partial charge is 0.325 e. The molecule has 0 aliphatic rings. The van der Waals surface area contributed by atoms with Crippen LogP contribution >= 0.6 is 0 Å². The van der Waals surface area contributed by atoms with Crippen molar-refractivity contribution in [1.82, 2.24) is 10.6 Å². The lowest BCUT2D eigenvalue weighted by atomic mass is 9.97. The molecule has 8 nitrogen and oxygen atoms in total. The van der Waals surface area contributed by atoms with Crippen LogP contribution in [0.1, 0.15) is 11.5 Å². The summed E-state index contributed by atoms with van der Waals surface area (Å²) in [7, 11) is 2.37. The molecule has 124 valence electrons. The summed E-state index contributed by atoms with van der Waals surface area (Å²) in [5, 5.41) is 4.65. The van der Waals surface area contributed by atoms with Crippen LogP contribution in [-0.4, -0.2) is 51.1 Å². The Morgan fingerprint density at radius 1 is 0.870 bits per heavy atom. The van der Waals surface area contributed by atoms with Gasteiger partial charge in [-0.1, -0.05) is 30.3 Å². The number of carbonyl (C=O) groups excluding carboxylic acids is 4. The zero-order valence-electron chi connectivity index (χ0n) is 12.8. The number of hydrogen-bond donors (Lipinski definition) is 2. The van der Waals surface area contributed by atoms with Crippen LogP contribution in [-0.2, 0) is 28.7 Å². The topological polar surface area (TPSA) is 111 Å². The fourth-order valence-electron chi connectivity index (χ4n) is 1.73. The van der Waals surface area contributed by atoms with Crippen molar-refractivity contribution in [2.24, 2.45) is 0 Å².